The second-order valence-corrected chi connectivity index (χ2v) is 8.12. The zero-order chi connectivity index (χ0) is 21.9. The van der Waals surface area contributed by atoms with Crippen LogP contribution in [0.3, 0.4) is 0 Å². The summed E-state index contributed by atoms with van der Waals surface area (Å²) in [6.45, 7) is 3.29. The molecule has 0 atom stereocenters. The lowest BCUT2D eigenvalue weighted by molar-refractivity contribution is 0.0712. The van der Waals surface area contributed by atoms with Crippen molar-refractivity contribution in [2.24, 2.45) is 0 Å². The van der Waals surface area contributed by atoms with E-state index >= 15 is 0 Å². The van der Waals surface area contributed by atoms with E-state index in [1.54, 1.807) is 0 Å². The van der Waals surface area contributed by atoms with Crippen LogP contribution in [-0.2, 0) is 0 Å². The first-order valence-electron chi connectivity index (χ1n) is 10.9. The fourth-order valence-corrected chi connectivity index (χ4v) is 4.23. The van der Waals surface area contributed by atoms with Gasteiger partial charge in [0.1, 0.15) is 0 Å². The summed E-state index contributed by atoms with van der Waals surface area (Å²) in [5.41, 5.74) is 4.37. The molecule has 1 aliphatic rings. The molecule has 0 radical (unpaired) electrons. The number of hydrogen-bond donors (Lipinski definition) is 0. The summed E-state index contributed by atoms with van der Waals surface area (Å²) < 4.78 is 5.55. The maximum absolute atomic E-state index is 12.9. The van der Waals surface area contributed by atoms with Crippen molar-refractivity contribution in [3.8, 4) is 22.7 Å². The van der Waals surface area contributed by atoms with Crippen LogP contribution in [0, 0.1) is 6.92 Å². The second-order valence-electron chi connectivity index (χ2n) is 8.12. The molecule has 1 aliphatic heterocycles. The molecule has 6 heteroatoms. The maximum atomic E-state index is 12.9. The van der Waals surface area contributed by atoms with E-state index in [4.69, 9.17) is 9.51 Å². The van der Waals surface area contributed by atoms with E-state index in [1.165, 1.54) is 0 Å². The van der Waals surface area contributed by atoms with Crippen LogP contribution in [0.1, 0.15) is 40.5 Å². The lowest BCUT2D eigenvalue weighted by Crippen LogP contribution is -2.38. The van der Waals surface area contributed by atoms with Crippen molar-refractivity contribution in [1.29, 1.82) is 0 Å². The second kappa shape index (κ2) is 8.75. The van der Waals surface area contributed by atoms with Crippen LogP contribution in [0.5, 0.6) is 0 Å². The van der Waals surface area contributed by atoms with Crippen LogP contribution in [-0.4, -0.2) is 39.0 Å². The molecular formula is C26H24N4O2. The smallest absolute Gasteiger partial charge is 0.253 e. The van der Waals surface area contributed by atoms with Gasteiger partial charge in [0.05, 0.1) is 17.0 Å². The molecule has 2 aromatic carbocycles. The Balaban J connectivity index is 1.43. The molecule has 0 N–H and O–H groups in total. The van der Waals surface area contributed by atoms with Gasteiger partial charge in [-0.3, -0.25) is 4.79 Å². The number of benzene rings is 2. The SMILES string of the molecule is Cc1cc(-c2cnc(-c3ccccc3)nc2C2CCN(C(=O)c3ccccc3)CC2)on1. The molecular weight excluding hydrogens is 400 g/mol. The van der Waals surface area contributed by atoms with Crippen LogP contribution in [0.25, 0.3) is 22.7 Å². The number of aryl methyl sites for hydroxylation is 1. The van der Waals surface area contributed by atoms with Gasteiger partial charge in [0.2, 0.25) is 0 Å². The van der Waals surface area contributed by atoms with E-state index in [0.717, 1.165) is 40.9 Å². The number of aromatic nitrogens is 3. The van der Waals surface area contributed by atoms with Crippen molar-refractivity contribution in [1.82, 2.24) is 20.0 Å². The number of carbonyl (C=O) groups excluding carboxylic acids is 1. The first-order chi connectivity index (χ1) is 15.7. The third kappa shape index (κ3) is 4.04. The Morgan fingerprint density at radius 3 is 2.34 bits per heavy atom. The third-order valence-electron chi connectivity index (χ3n) is 5.93. The van der Waals surface area contributed by atoms with E-state index in [9.17, 15) is 4.79 Å². The zero-order valence-electron chi connectivity index (χ0n) is 17.9. The average Bonchev–Trinajstić information content (AvgIpc) is 3.30. The number of carbonyl (C=O) groups is 1. The molecule has 5 rings (SSSR count). The quantitative estimate of drug-likeness (QED) is 0.454. The molecule has 2 aromatic heterocycles. The van der Waals surface area contributed by atoms with Crippen LogP contribution in [0.2, 0.25) is 0 Å². The Morgan fingerprint density at radius 1 is 1.00 bits per heavy atom. The first kappa shape index (κ1) is 20.1. The number of hydrogen-bond acceptors (Lipinski definition) is 5. The van der Waals surface area contributed by atoms with E-state index in [2.05, 4.69) is 10.1 Å². The Labute approximate surface area is 186 Å². The molecule has 0 unspecified atom stereocenters. The predicted molar refractivity (Wildman–Crippen MR) is 122 cm³/mol. The number of nitrogens with zero attached hydrogens (tertiary/aromatic N) is 4. The molecule has 4 aromatic rings. The predicted octanol–water partition coefficient (Wildman–Crippen LogP) is 5.13. The van der Waals surface area contributed by atoms with E-state index in [1.807, 2.05) is 84.8 Å². The minimum atomic E-state index is 0.0859. The van der Waals surface area contributed by atoms with Crippen LogP contribution < -0.4 is 0 Å². The van der Waals surface area contributed by atoms with E-state index in [0.29, 0.717) is 24.7 Å². The van der Waals surface area contributed by atoms with Gasteiger partial charge in [0, 0.05) is 42.4 Å². The summed E-state index contributed by atoms with van der Waals surface area (Å²) in [7, 11) is 0. The molecule has 0 bridgehead atoms. The fraction of sp³-hybridized carbons (Fsp3) is 0.231. The summed E-state index contributed by atoms with van der Waals surface area (Å²) in [4.78, 5) is 24.4. The summed E-state index contributed by atoms with van der Waals surface area (Å²) in [6, 6.07) is 21.4. The maximum Gasteiger partial charge on any atom is 0.253 e. The highest BCUT2D eigenvalue weighted by Crippen LogP contribution is 2.35. The van der Waals surface area contributed by atoms with E-state index in [-0.39, 0.29) is 11.8 Å². The van der Waals surface area contributed by atoms with Crippen LogP contribution in [0.4, 0.5) is 0 Å². The van der Waals surface area contributed by atoms with Gasteiger partial charge >= 0.3 is 0 Å². The van der Waals surface area contributed by atoms with Crippen molar-refractivity contribution in [3.05, 3.63) is 89.9 Å². The van der Waals surface area contributed by atoms with Gasteiger partial charge in [-0.05, 0) is 31.9 Å². The molecule has 1 saturated heterocycles. The Morgan fingerprint density at radius 2 is 1.69 bits per heavy atom. The van der Waals surface area contributed by atoms with Gasteiger partial charge in [-0.2, -0.15) is 0 Å². The highest BCUT2D eigenvalue weighted by Gasteiger charge is 2.28. The Kier molecular flexibility index (Phi) is 5.50. The summed E-state index contributed by atoms with van der Waals surface area (Å²) >= 11 is 0. The highest BCUT2D eigenvalue weighted by atomic mass is 16.5. The van der Waals surface area contributed by atoms with Gasteiger partial charge in [-0.15, -0.1) is 0 Å². The molecule has 32 heavy (non-hydrogen) atoms. The van der Waals surface area contributed by atoms with Crippen molar-refractivity contribution in [2.45, 2.75) is 25.7 Å². The molecule has 1 fully saturated rings. The molecule has 0 aliphatic carbocycles. The lowest BCUT2D eigenvalue weighted by atomic mass is 9.89. The number of rotatable bonds is 4. The zero-order valence-corrected chi connectivity index (χ0v) is 17.9. The van der Waals surface area contributed by atoms with E-state index < -0.39 is 0 Å². The van der Waals surface area contributed by atoms with Crippen molar-refractivity contribution in [3.63, 3.8) is 0 Å². The summed E-state index contributed by atoms with van der Waals surface area (Å²) in [5.74, 6) is 1.67. The molecule has 1 amide bonds. The molecule has 6 nitrogen and oxygen atoms in total. The van der Waals surface area contributed by atoms with Gasteiger partial charge < -0.3 is 9.42 Å². The minimum Gasteiger partial charge on any atom is -0.356 e. The Hall–Kier alpha value is -3.80. The first-order valence-corrected chi connectivity index (χ1v) is 10.9. The lowest BCUT2D eigenvalue weighted by Gasteiger charge is -2.32. The number of amides is 1. The van der Waals surface area contributed by atoms with Crippen LogP contribution in [0.15, 0.2) is 77.4 Å². The molecule has 160 valence electrons. The molecule has 3 heterocycles. The molecule has 0 saturated carbocycles. The Bertz CT molecular complexity index is 1210. The van der Waals surface area contributed by atoms with Crippen LogP contribution >= 0.6 is 0 Å². The minimum absolute atomic E-state index is 0.0859. The standard InChI is InChI=1S/C26H24N4O2/c1-18-16-23(32-29-18)22-17-27-25(20-8-4-2-5-9-20)28-24(22)19-12-14-30(15-13-19)26(31)21-10-6-3-7-11-21/h2-11,16-17,19H,12-15H2,1H3. The van der Waals surface area contributed by atoms with Gasteiger partial charge in [0.25, 0.3) is 5.91 Å². The third-order valence-corrected chi connectivity index (χ3v) is 5.93. The summed E-state index contributed by atoms with van der Waals surface area (Å²) in [6.07, 6.45) is 3.51. The normalized spacial score (nSPS) is 14.5. The average molecular weight is 425 g/mol. The molecule has 0 spiro atoms. The topological polar surface area (TPSA) is 72.1 Å². The monoisotopic (exact) mass is 424 g/mol. The van der Waals surface area contributed by atoms with Crippen molar-refractivity contribution < 1.29 is 9.32 Å². The van der Waals surface area contributed by atoms with Crippen molar-refractivity contribution >= 4 is 5.91 Å². The van der Waals surface area contributed by atoms with Gasteiger partial charge in [-0.25, -0.2) is 9.97 Å². The van der Waals surface area contributed by atoms with Crippen molar-refractivity contribution in [2.75, 3.05) is 13.1 Å². The summed E-state index contributed by atoms with van der Waals surface area (Å²) in [5, 5.41) is 4.05. The number of likely N-dealkylation sites (tertiary alicyclic amines) is 1. The highest BCUT2D eigenvalue weighted by molar-refractivity contribution is 5.94. The largest absolute Gasteiger partial charge is 0.356 e. The van der Waals surface area contributed by atoms with Gasteiger partial charge in [0.15, 0.2) is 11.6 Å². The number of piperidine rings is 1. The van der Waals surface area contributed by atoms with Gasteiger partial charge in [-0.1, -0.05) is 53.7 Å². The fourth-order valence-electron chi connectivity index (χ4n) is 4.23.